The number of halogens is 3. The van der Waals surface area contributed by atoms with Crippen molar-refractivity contribution >= 4 is 5.82 Å². The number of pyridine rings is 1. The molecule has 164 valence electrons. The summed E-state index contributed by atoms with van der Waals surface area (Å²) in [5, 5.41) is 4.17. The van der Waals surface area contributed by atoms with Crippen LogP contribution >= 0.6 is 0 Å². The molecule has 9 heteroatoms. The molecule has 4 rings (SSSR count). The van der Waals surface area contributed by atoms with Crippen molar-refractivity contribution in [3.8, 4) is 0 Å². The van der Waals surface area contributed by atoms with E-state index in [1.54, 1.807) is 4.90 Å². The first-order valence-corrected chi connectivity index (χ1v) is 10.3. The average Bonchev–Trinajstić information content (AvgIpc) is 3.23. The fourth-order valence-corrected chi connectivity index (χ4v) is 3.91. The number of piperazine rings is 1. The summed E-state index contributed by atoms with van der Waals surface area (Å²) in [5.41, 5.74) is 0.443. The van der Waals surface area contributed by atoms with Gasteiger partial charge in [-0.25, -0.2) is 4.98 Å². The normalized spacial score (nSPS) is 16.5. The van der Waals surface area contributed by atoms with Gasteiger partial charge in [0.05, 0.1) is 12.1 Å². The van der Waals surface area contributed by atoms with Gasteiger partial charge in [-0.1, -0.05) is 42.4 Å². The maximum atomic E-state index is 13.3. The van der Waals surface area contributed by atoms with E-state index in [1.165, 1.54) is 12.3 Å². The molecule has 31 heavy (non-hydrogen) atoms. The number of hydrogen-bond acceptors (Lipinski definition) is 6. The molecule has 1 unspecified atom stereocenters. The zero-order valence-corrected chi connectivity index (χ0v) is 17.2. The van der Waals surface area contributed by atoms with Gasteiger partial charge in [-0.15, -0.1) is 0 Å². The second kappa shape index (κ2) is 9.05. The van der Waals surface area contributed by atoms with E-state index in [-0.39, 0.29) is 11.7 Å². The first-order valence-electron chi connectivity index (χ1n) is 10.3. The molecule has 0 bridgehead atoms. The van der Waals surface area contributed by atoms with E-state index in [2.05, 4.69) is 39.1 Å². The van der Waals surface area contributed by atoms with Gasteiger partial charge in [-0.05, 0) is 24.1 Å². The van der Waals surface area contributed by atoms with Crippen LogP contribution in [0.15, 0.2) is 53.2 Å². The number of anilines is 1. The first kappa shape index (κ1) is 21.3. The van der Waals surface area contributed by atoms with Crippen LogP contribution in [-0.2, 0) is 12.7 Å². The van der Waals surface area contributed by atoms with Gasteiger partial charge >= 0.3 is 6.18 Å². The van der Waals surface area contributed by atoms with Crippen LogP contribution in [0, 0.1) is 0 Å². The molecule has 0 radical (unpaired) electrons. The Morgan fingerprint density at radius 2 is 1.77 bits per heavy atom. The molecule has 0 spiro atoms. The lowest BCUT2D eigenvalue weighted by Crippen LogP contribution is -2.46. The van der Waals surface area contributed by atoms with E-state index < -0.39 is 11.7 Å². The van der Waals surface area contributed by atoms with Crippen LogP contribution in [0.5, 0.6) is 0 Å². The Bertz CT molecular complexity index is 984. The van der Waals surface area contributed by atoms with E-state index in [9.17, 15) is 13.2 Å². The third kappa shape index (κ3) is 4.87. The van der Waals surface area contributed by atoms with Crippen molar-refractivity contribution in [3.63, 3.8) is 0 Å². The SMILES string of the molecule is CCC(c1ccccc1)c1noc(CN2CCN(c3ncccc3C(F)(F)F)CC2)n1. The van der Waals surface area contributed by atoms with Crippen LogP contribution in [-0.4, -0.2) is 46.2 Å². The summed E-state index contributed by atoms with van der Waals surface area (Å²) in [5.74, 6) is 1.24. The Hall–Kier alpha value is -2.94. The summed E-state index contributed by atoms with van der Waals surface area (Å²) < 4.78 is 45.3. The number of nitrogens with zero attached hydrogens (tertiary/aromatic N) is 5. The number of aromatic nitrogens is 3. The van der Waals surface area contributed by atoms with E-state index in [0.29, 0.717) is 44.4 Å². The molecule has 0 N–H and O–H groups in total. The predicted molar refractivity (Wildman–Crippen MR) is 110 cm³/mol. The summed E-state index contributed by atoms with van der Waals surface area (Å²) in [6, 6.07) is 12.4. The zero-order chi connectivity index (χ0) is 21.8. The number of rotatable bonds is 6. The molecule has 3 aromatic rings. The Balaban J connectivity index is 1.38. The number of benzene rings is 1. The fraction of sp³-hybridized carbons (Fsp3) is 0.409. The Labute approximate surface area is 178 Å². The van der Waals surface area contributed by atoms with Crippen molar-refractivity contribution in [1.82, 2.24) is 20.0 Å². The third-order valence-corrected chi connectivity index (χ3v) is 5.53. The van der Waals surface area contributed by atoms with E-state index >= 15 is 0 Å². The highest BCUT2D eigenvalue weighted by Gasteiger charge is 2.36. The van der Waals surface area contributed by atoms with Crippen molar-refractivity contribution < 1.29 is 17.7 Å². The lowest BCUT2D eigenvalue weighted by molar-refractivity contribution is -0.137. The molecular weight excluding hydrogens is 407 g/mol. The Kier molecular flexibility index (Phi) is 6.22. The van der Waals surface area contributed by atoms with Crippen LogP contribution in [0.1, 0.15) is 42.1 Å². The maximum Gasteiger partial charge on any atom is 0.419 e. The molecule has 1 aliphatic heterocycles. The minimum Gasteiger partial charge on any atom is -0.354 e. The minimum atomic E-state index is -4.42. The summed E-state index contributed by atoms with van der Waals surface area (Å²) >= 11 is 0. The number of alkyl halides is 3. The molecule has 1 atom stereocenters. The van der Waals surface area contributed by atoms with E-state index in [1.807, 2.05) is 18.2 Å². The number of hydrogen-bond donors (Lipinski definition) is 0. The van der Waals surface area contributed by atoms with Gasteiger partial charge < -0.3 is 9.42 Å². The van der Waals surface area contributed by atoms with E-state index in [0.717, 1.165) is 18.1 Å². The van der Waals surface area contributed by atoms with Crippen molar-refractivity contribution in [2.24, 2.45) is 0 Å². The lowest BCUT2D eigenvalue weighted by Gasteiger charge is -2.35. The first-order chi connectivity index (χ1) is 15.0. The Morgan fingerprint density at radius 1 is 1.03 bits per heavy atom. The molecule has 1 fully saturated rings. The van der Waals surface area contributed by atoms with Crippen LogP contribution < -0.4 is 4.90 Å². The molecule has 6 nitrogen and oxygen atoms in total. The summed E-state index contributed by atoms with van der Waals surface area (Å²) in [6.45, 7) is 4.62. The van der Waals surface area contributed by atoms with Gasteiger partial charge in [-0.2, -0.15) is 18.2 Å². The lowest BCUT2D eigenvalue weighted by atomic mass is 9.96. The fourth-order valence-electron chi connectivity index (χ4n) is 3.91. The monoisotopic (exact) mass is 431 g/mol. The maximum absolute atomic E-state index is 13.3. The third-order valence-electron chi connectivity index (χ3n) is 5.53. The second-order valence-corrected chi connectivity index (χ2v) is 7.55. The van der Waals surface area contributed by atoms with Crippen molar-refractivity contribution in [2.75, 3.05) is 31.1 Å². The molecule has 0 saturated carbocycles. The van der Waals surface area contributed by atoms with Gasteiger partial charge in [0.1, 0.15) is 5.82 Å². The summed E-state index contributed by atoms with van der Waals surface area (Å²) in [6.07, 6.45) is -2.17. The predicted octanol–water partition coefficient (Wildman–Crippen LogP) is 4.35. The highest BCUT2D eigenvalue weighted by atomic mass is 19.4. The van der Waals surface area contributed by atoms with Crippen LogP contribution in [0.4, 0.5) is 19.0 Å². The summed E-state index contributed by atoms with van der Waals surface area (Å²) in [7, 11) is 0. The highest BCUT2D eigenvalue weighted by molar-refractivity contribution is 5.48. The molecule has 1 saturated heterocycles. The smallest absolute Gasteiger partial charge is 0.354 e. The largest absolute Gasteiger partial charge is 0.419 e. The highest BCUT2D eigenvalue weighted by Crippen LogP contribution is 2.35. The second-order valence-electron chi connectivity index (χ2n) is 7.55. The van der Waals surface area contributed by atoms with Gasteiger partial charge in [-0.3, -0.25) is 4.90 Å². The van der Waals surface area contributed by atoms with Crippen molar-refractivity contribution in [1.29, 1.82) is 0 Å². The zero-order valence-electron chi connectivity index (χ0n) is 17.2. The molecule has 2 aromatic heterocycles. The van der Waals surface area contributed by atoms with Gasteiger partial charge in [0.25, 0.3) is 0 Å². The van der Waals surface area contributed by atoms with Crippen molar-refractivity contribution in [3.05, 3.63) is 71.5 Å². The quantitative estimate of drug-likeness (QED) is 0.579. The molecule has 0 aliphatic carbocycles. The molecule has 3 heterocycles. The van der Waals surface area contributed by atoms with Crippen LogP contribution in [0.3, 0.4) is 0 Å². The van der Waals surface area contributed by atoms with Gasteiger partial charge in [0, 0.05) is 38.3 Å². The molecule has 0 amide bonds. The minimum absolute atomic E-state index is 0.0108. The molecular formula is C22H24F3N5O. The molecule has 1 aliphatic rings. The van der Waals surface area contributed by atoms with Crippen LogP contribution in [0.2, 0.25) is 0 Å². The van der Waals surface area contributed by atoms with Gasteiger partial charge in [0.2, 0.25) is 5.89 Å². The Morgan fingerprint density at radius 3 is 2.45 bits per heavy atom. The average molecular weight is 431 g/mol. The van der Waals surface area contributed by atoms with Crippen LogP contribution in [0.25, 0.3) is 0 Å². The van der Waals surface area contributed by atoms with E-state index in [4.69, 9.17) is 4.52 Å². The van der Waals surface area contributed by atoms with Gasteiger partial charge in [0.15, 0.2) is 5.82 Å². The standard InChI is InChI=1S/C22H24F3N5O/c1-2-17(16-7-4-3-5-8-16)20-27-19(31-28-20)15-29-11-13-30(14-12-29)21-18(22(23,24)25)9-6-10-26-21/h3-10,17H,2,11-15H2,1H3. The summed E-state index contributed by atoms with van der Waals surface area (Å²) in [4.78, 5) is 12.4. The van der Waals surface area contributed by atoms with Crippen molar-refractivity contribution in [2.45, 2.75) is 32.0 Å². The topological polar surface area (TPSA) is 58.3 Å². The molecule has 1 aromatic carbocycles.